The Bertz CT molecular complexity index is 1770. The van der Waals surface area contributed by atoms with Gasteiger partial charge in [-0.25, -0.2) is 9.78 Å². The van der Waals surface area contributed by atoms with Crippen LogP contribution in [-0.2, 0) is 24.9 Å². The Kier molecular flexibility index (Phi) is 8.23. The van der Waals surface area contributed by atoms with Crippen molar-refractivity contribution in [2.75, 3.05) is 27.3 Å². The number of imidazole rings is 1. The highest BCUT2D eigenvalue weighted by atomic mass is 35.5. The topological polar surface area (TPSA) is 74.3 Å². The van der Waals surface area contributed by atoms with Gasteiger partial charge >= 0.3 is 5.69 Å². The van der Waals surface area contributed by atoms with Crippen molar-refractivity contribution in [2.24, 2.45) is 7.05 Å². The van der Waals surface area contributed by atoms with Crippen LogP contribution in [0.15, 0.2) is 82.4 Å². The molecule has 40 heavy (non-hydrogen) atoms. The van der Waals surface area contributed by atoms with Crippen LogP contribution in [-0.4, -0.2) is 50.9 Å². The SMILES string of the molecule is COCCN(C)Cc1ccc(Cn2c(=O)n(C)c(=O)c3c2nc(-c2ccccc2Cl)n3-c2ccc(Cl)cc2)cc1. The summed E-state index contributed by atoms with van der Waals surface area (Å²) >= 11 is 12.7. The minimum atomic E-state index is -0.452. The highest BCUT2D eigenvalue weighted by molar-refractivity contribution is 6.33. The van der Waals surface area contributed by atoms with E-state index in [0.29, 0.717) is 33.7 Å². The molecule has 0 amide bonds. The highest BCUT2D eigenvalue weighted by Gasteiger charge is 2.23. The number of hydrogen-bond acceptors (Lipinski definition) is 5. The molecular formula is C30H29Cl2N5O3. The van der Waals surface area contributed by atoms with Crippen molar-refractivity contribution in [3.05, 3.63) is 115 Å². The maximum Gasteiger partial charge on any atom is 0.332 e. The molecule has 0 unspecified atom stereocenters. The van der Waals surface area contributed by atoms with Gasteiger partial charge in [0.2, 0.25) is 0 Å². The normalized spacial score (nSPS) is 11.6. The number of nitrogens with zero attached hydrogens (tertiary/aromatic N) is 5. The monoisotopic (exact) mass is 577 g/mol. The van der Waals surface area contributed by atoms with Gasteiger partial charge in [0, 0.05) is 43.5 Å². The summed E-state index contributed by atoms with van der Waals surface area (Å²) < 4.78 is 9.55. The number of likely N-dealkylation sites (N-methyl/N-ethyl adjacent to an activating group) is 1. The number of benzene rings is 3. The molecule has 3 aromatic carbocycles. The van der Waals surface area contributed by atoms with Gasteiger partial charge in [-0.05, 0) is 54.6 Å². The Labute approximate surface area is 241 Å². The number of methoxy groups -OCH3 is 1. The molecule has 0 N–H and O–H groups in total. The third-order valence-corrected chi connectivity index (χ3v) is 7.41. The number of fused-ring (bicyclic) bond motifs is 1. The van der Waals surface area contributed by atoms with E-state index in [2.05, 4.69) is 4.90 Å². The Morgan fingerprint density at radius 2 is 1.60 bits per heavy atom. The zero-order valence-electron chi connectivity index (χ0n) is 22.5. The zero-order valence-corrected chi connectivity index (χ0v) is 24.0. The average Bonchev–Trinajstić information content (AvgIpc) is 3.35. The Hall–Kier alpha value is -3.69. The molecule has 2 aromatic heterocycles. The van der Waals surface area contributed by atoms with Crippen molar-refractivity contribution in [2.45, 2.75) is 13.1 Å². The maximum atomic E-state index is 13.6. The Balaban J connectivity index is 1.65. The summed E-state index contributed by atoms with van der Waals surface area (Å²) in [4.78, 5) is 34.1. The van der Waals surface area contributed by atoms with Crippen molar-refractivity contribution >= 4 is 34.4 Å². The lowest BCUT2D eigenvalue weighted by molar-refractivity contribution is 0.158. The van der Waals surface area contributed by atoms with Gasteiger partial charge in [0.15, 0.2) is 11.2 Å². The van der Waals surface area contributed by atoms with E-state index in [1.165, 1.54) is 11.6 Å². The van der Waals surface area contributed by atoms with E-state index in [4.69, 9.17) is 32.9 Å². The number of halogens is 2. The van der Waals surface area contributed by atoms with Crippen LogP contribution in [0.25, 0.3) is 28.2 Å². The van der Waals surface area contributed by atoms with E-state index >= 15 is 0 Å². The number of aromatic nitrogens is 4. The van der Waals surface area contributed by atoms with Gasteiger partial charge in [0.25, 0.3) is 5.56 Å². The van der Waals surface area contributed by atoms with Crippen molar-refractivity contribution in [1.29, 1.82) is 0 Å². The summed E-state index contributed by atoms with van der Waals surface area (Å²) in [5, 5.41) is 1.04. The molecule has 0 atom stereocenters. The van der Waals surface area contributed by atoms with Crippen LogP contribution in [0.2, 0.25) is 10.0 Å². The molecule has 0 bridgehead atoms. The predicted molar refractivity (Wildman–Crippen MR) is 160 cm³/mol. The second-order valence-electron chi connectivity index (χ2n) is 9.68. The molecule has 0 saturated carbocycles. The Morgan fingerprint density at radius 1 is 0.925 bits per heavy atom. The zero-order chi connectivity index (χ0) is 28.4. The van der Waals surface area contributed by atoms with Crippen LogP contribution in [0.3, 0.4) is 0 Å². The van der Waals surface area contributed by atoms with Gasteiger partial charge in [0.05, 0.1) is 18.2 Å². The largest absolute Gasteiger partial charge is 0.383 e. The minimum absolute atomic E-state index is 0.239. The number of rotatable bonds is 9. The molecular weight excluding hydrogens is 549 g/mol. The number of hydrogen-bond donors (Lipinski definition) is 0. The predicted octanol–water partition coefficient (Wildman–Crippen LogP) is 4.99. The van der Waals surface area contributed by atoms with Crippen LogP contribution in [0, 0.1) is 0 Å². The van der Waals surface area contributed by atoms with Gasteiger partial charge in [-0.3, -0.25) is 23.4 Å². The molecule has 0 fully saturated rings. The van der Waals surface area contributed by atoms with Gasteiger partial charge in [-0.2, -0.15) is 0 Å². The quantitative estimate of drug-likeness (QED) is 0.247. The van der Waals surface area contributed by atoms with Crippen LogP contribution in [0.4, 0.5) is 0 Å². The van der Waals surface area contributed by atoms with E-state index in [1.54, 1.807) is 42.0 Å². The second-order valence-corrected chi connectivity index (χ2v) is 10.5. The minimum Gasteiger partial charge on any atom is -0.383 e. The number of ether oxygens (including phenoxy) is 1. The van der Waals surface area contributed by atoms with Crippen LogP contribution in [0.5, 0.6) is 0 Å². The van der Waals surface area contributed by atoms with Gasteiger partial charge in [0.1, 0.15) is 5.82 Å². The summed E-state index contributed by atoms with van der Waals surface area (Å²) in [6, 6.07) is 22.5. The first kappa shape index (κ1) is 27.9. The molecule has 5 rings (SSSR count). The lowest BCUT2D eigenvalue weighted by Crippen LogP contribution is -2.39. The van der Waals surface area contributed by atoms with E-state index in [-0.39, 0.29) is 17.7 Å². The second kappa shape index (κ2) is 11.8. The van der Waals surface area contributed by atoms with Crippen molar-refractivity contribution in [3.63, 3.8) is 0 Å². The Morgan fingerprint density at radius 3 is 2.27 bits per heavy atom. The fourth-order valence-corrected chi connectivity index (χ4v) is 5.03. The summed E-state index contributed by atoms with van der Waals surface area (Å²) in [5.74, 6) is 0.453. The van der Waals surface area contributed by atoms with Crippen LogP contribution < -0.4 is 11.2 Å². The first-order chi connectivity index (χ1) is 19.3. The van der Waals surface area contributed by atoms with Gasteiger partial charge < -0.3 is 4.74 Å². The molecule has 2 heterocycles. The molecule has 0 aliphatic carbocycles. The molecule has 0 spiro atoms. The molecule has 0 saturated heterocycles. The lowest BCUT2D eigenvalue weighted by Gasteiger charge is -2.16. The summed E-state index contributed by atoms with van der Waals surface area (Å²) in [7, 11) is 5.21. The van der Waals surface area contributed by atoms with E-state index in [0.717, 1.165) is 28.8 Å². The lowest BCUT2D eigenvalue weighted by atomic mass is 10.1. The van der Waals surface area contributed by atoms with Crippen molar-refractivity contribution in [3.8, 4) is 17.1 Å². The third kappa shape index (κ3) is 5.48. The fraction of sp³-hybridized carbons (Fsp3) is 0.233. The van der Waals surface area contributed by atoms with E-state index in [9.17, 15) is 9.59 Å². The standard InChI is InChI=1S/C30H29Cl2N5O3/c1-34(16-17-40-3)18-20-8-10-21(11-9-20)19-36-28-26(29(38)35(2)30(36)39)37(23-14-12-22(31)13-15-23)27(33-28)24-6-4-5-7-25(24)32/h4-15H,16-19H2,1-3H3. The summed E-state index contributed by atoms with van der Waals surface area (Å²) in [6.07, 6.45) is 0. The average molecular weight is 579 g/mol. The van der Waals surface area contributed by atoms with Crippen molar-refractivity contribution in [1.82, 2.24) is 23.6 Å². The fourth-order valence-electron chi connectivity index (χ4n) is 4.68. The first-order valence-corrected chi connectivity index (χ1v) is 13.5. The molecule has 8 nitrogen and oxygen atoms in total. The summed E-state index contributed by atoms with van der Waals surface area (Å²) in [6.45, 7) is 2.51. The molecule has 0 aliphatic heterocycles. The van der Waals surface area contributed by atoms with E-state index < -0.39 is 11.2 Å². The molecule has 0 radical (unpaired) electrons. The first-order valence-electron chi connectivity index (χ1n) is 12.8. The molecule has 5 aromatic rings. The molecule has 0 aliphatic rings. The third-order valence-electron chi connectivity index (χ3n) is 6.83. The van der Waals surface area contributed by atoms with Gasteiger partial charge in [-0.15, -0.1) is 0 Å². The van der Waals surface area contributed by atoms with Crippen LogP contribution in [0.1, 0.15) is 11.1 Å². The maximum absolute atomic E-state index is 13.6. The summed E-state index contributed by atoms with van der Waals surface area (Å²) in [5.41, 5.74) is 3.01. The molecule has 10 heteroatoms. The van der Waals surface area contributed by atoms with Crippen molar-refractivity contribution < 1.29 is 4.74 Å². The molecule has 206 valence electrons. The van der Waals surface area contributed by atoms with Crippen LogP contribution >= 0.6 is 23.2 Å². The highest BCUT2D eigenvalue weighted by Crippen LogP contribution is 2.32. The van der Waals surface area contributed by atoms with E-state index in [1.807, 2.05) is 49.5 Å². The smallest absolute Gasteiger partial charge is 0.332 e. The van der Waals surface area contributed by atoms with Gasteiger partial charge in [-0.1, -0.05) is 59.6 Å².